The van der Waals surface area contributed by atoms with E-state index >= 15 is 0 Å². The van der Waals surface area contributed by atoms with E-state index in [1.54, 1.807) is 7.05 Å². The van der Waals surface area contributed by atoms with E-state index in [0.717, 1.165) is 43.4 Å². The van der Waals surface area contributed by atoms with Crippen molar-refractivity contribution in [3.05, 3.63) is 17.5 Å². The lowest BCUT2D eigenvalue weighted by molar-refractivity contribution is 0.0264. The fourth-order valence-corrected chi connectivity index (χ4v) is 3.17. The summed E-state index contributed by atoms with van der Waals surface area (Å²) in [6, 6.07) is 2.00. The summed E-state index contributed by atoms with van der Waals surface area (Å²) in [5.41, 5.74) is 0.986. The lowest BCUT2D eigenvalue weighted by Crippen LogP contribution is -2.37. The quantitative estimate of drug-likeness (QED) is 0.373. The highest BCUT2D eigenvalue weighted by atomic mass is 16.5. The van der Waals surface area contributed by atoms with Gasteiger partial charge in [0, 0.05) is 26.3 Å². The summed E-state index contributed by atoms with van der Waals surface area (Å²) in [5, 5.41) is 10.7. The Morgan fingerprint density at radius 3 is 2.73 bits per heavy atom. The molecule has 0 aromatic carbocycles. The Bertz CT molecular complexity index is 522. The molecule has 1 fully saturated rings. The number of aromatic nitrogens is 1. The molecule has 0 amide bonds. The van der Waals surface area contributed by atoms with Gasteiger partial charge in [-0.05, 0) is 38.0 Å². The number of hydrogen-bond acceptors (Lipinski definition) is 4. The van der Waals surface area contributed by atoms with Gasteiger partial charge in [-0.1, -0.05) is 38.3 Å². The van der Waals surface area contributed by atoms with Crippen LogP contribution in [0.5, 0.6) is 0 Å². The third-order valence-corrected chi connectivity index (χ3v) is 4.84. The first-order valence-corrected chi connectivity index (χ1v) is 10.2. The summed E-state index contributed by atoms with van der Waals surface area (Å²) >= 11 is 0. The van der Waals surface area contributed by atoms with Crippen molar-refractivity contribution in [2.45, 2.75) is 83.8 Å². The third-order valence-electron chi connectivity index (χ3n) is 4.84. The van der Waals surface area contributed by atoms with Crippen LogP contribution in [0.25, 0.3) is 0 Å². The van der Waals surface area contributed by atoms with Gasteiger partial charge >= 0.3 is 0 Å². The molecule has 0 bridgehead atoms. The Labute approximate surface area is 158 Å². The van der Waals surface area contributed by atoms with E-state index in [2.05, 4.69) is 34.6 Å². The summed E-state index contributed by atoms with van der Waals surface area (Å²) < 4.78 is 11.3. The first-order valence-electron chi connectivity index (χ1n) is 10.2. The number of ether oxygens (including phenoxy) is 1. The van der Waals surface area contributed by atoms with Crippen molar-refractivity contribution in [3.8, 4) is 0 Å². The van der Waals surface area contributed by atoms with Crippen molar-refractivity contribution in [1.82, 2.24) is 15.8 Å². The zero-order valence-corrected chi connectivity index (χ0v) is 16.7. The molecule has 6 nitrogen and oxygen atoms in total. The van der Waals surface area contributed by atoms with Crippen LogP contribution in [0.4, 0.5) is 0 Å². The molecule has 0 unspecified atom stereocenters. The Morgan fingerprint density at radius 1 is 1.23 bits per heavy atom. The fourth-order valence-electron chi connectivity index (χ4n) is 3.17. The van der Waals surface area contributed by atoms with Crippen molar-refractivity contribution in [2.24, 2.45) is 4.99 Å². The molecule has 0 spiro atoms. The highest BCUT2D eigenvalue weighted by molar-refractivity contribution is 5.79. The normalized spacial score (nSPS) is 16.2. The maximum atomic E-state index is 5.97. The van der Waals surface area contributed by atoms with Crippen LogP contribution >= 0.6 is 0 Å². The van der Waals surface area contributed by atoms with Gasteiger partial charge in [0.05, 0.1) is 18.3 Å². The molecule has 148 valence electrons. The van der Waals surface area contributed by atoms with Crippen LogP contribution in [0.2, 0.25) is 0 Å². The first kappa shape index (κ1) is 20.7. The summed E-state index contributed by atoms with van der Waals surface area (Å²) in [6.07, 6.45) is 10.5. The summed E-state index contributed by atoms with van der Waals surface area (Å²) in [7, 11) is 1.78. The second-order valence-electron chi connectivity index (χ2n) is 7.42. The van der Waals surface area contributed by atoms with Crippen LogP contribution in [0.1, 0.15) is 82.6 Å². The van der Waals surface area contributed by atoms with Crippen molar-refractivity contribution in [1.29, 1.82) is 0 Å². The predicted octanol–water partition coefficient (Wildman–Crippen LogP) is 3.98. The summed E-state index contributed by atoms with van der Waals surface area (Å²) in [6.45, 7) is 6.62. The Morgan fingerprint density at radius 2 is 2.04 bits per heavy atom. The number of nitrogens with one attached hydrogen (secondary N) is 2. The first-order chi connectivity index (χ1) is 12.7. The number of guanidine groups is 1. The van der Waals surface area contributed by atoms with E-state index in [-0.39, 0.29) is 0 Å². The molecule has 1 aliphatic carbocycles. The molecule has 2 N–H and O–H groups in total. The zero-order chi connectivity index (χ0) is 18.6. The second kappa shape index (κ2) is 11.9. The minimum Gasteiger partial charge on any atom is -0.378 e. The molecule has 1 aromatic heterocycles. The molecule has 1 aliphatic rings. The van der Waals surface area contributed by atoms with Crippen molar-refractivity contribution < 1.29 is 9.26 Å². The van der Waals surface area contributed by atoms with E-state index in [4.69, 9.17) is 9.26 Å². The average molecular weight is 365 g/mol. The molecule has 0 saturated heterocycles. The molecule has 26 heavy (non-hydrogen) atoms. The third kappa shape index (κ3) is 7.77. The van der Waals surface area contributed by atoms with E-state index in [1.165, 1.54) is 38.5 Å². The van der Waals surface area contributed by atoms with Crippen LogP contribution in [0.3, 0.4) is 0 Å². The van der Waals surface area contributed by atoms with Gasteiger partial charge in [-0.25, -0.2) is 0 Å². The molecule has 1 saturated carbocycles. The highest BCUT2D eigenvalue weighted by Crippen LogP contribution is 2.20. The monoisotopic (exact) mass is 364 g/mol. The lowest BCUT2D eigenvalue weighted by Gasteiger charge is -2.21. The topological polar surface area (TPSA) is 71.7 Å². The van der Waals surface area contributed by atoms with Gasteiger partial charge < -0.3 is 19.9 Å². The van der Waals surface area contributed by atoms with Crippen LogP contribution in [-0.4, -0.2) is 37.4 Å². The van der Waals surface area contributed by atoms with E-state index in [0.29, 0.717) is 18.6 Å². The maximum Gasteiger partial charge on any atom is 0.191 e. The standard InChI is InChI=1S/C20H36N4O2/c1-16(2)19-14-18(26-24-19)15-23-20(21-3)22-12-8-5-9-13-25-17-10-6-4-7-11-17/h14,16-17H,4-13,15H2,1-3H3,(H2,21,22,23). The van der Waals surface area contributed by atoms with Gasteiger partial charge in [0.1, 0.15) is 0 Å². The van der Waals surface area contributed by atoms with Crippen LogP contribution in [0.15, 0.2) is 15.6 Å². The molecular formula is C20H36N4O2. The minimum absolute atomic E-state index is 0.382. The van der Waals surface area contributed by atoms with Gasteiger partial charge in [-0.3, -0.25) is 4.99 Å². The van der Waals surface area contributed by atoms with E-state index in [9.17, 15) is 0 Å². The van der Waals surface area contributed by atoms with Gasteiger partial charge in [-0.15, -0.1) is 0 Å². The van der Waals surface area contributed by atoms with Crippen molar-refractivity contribution >= 4 is 5.96 Å². The zero-order valence-electron chi connectivity index (χ0n) is 16.7. The van der Waals surface area contributed by atoms with Crippen molar-refractivity contribution in [3.63, 3.8) is 0 Å². The largest absolute Gasteiger partial charge is 0.378 e. The average Bonchev–Trinajstić information content (AvgIpc) is 3.13. The number of aliphatic imine (C=N–C) groups is 1. The maximum absolute atomic E-state index is 5.97. The SMILES string of the molecule is CN=C(NCCCCCOC1CCCCC1)NCc1cc(C(C)C)no1. The molecule has 0 aliphatic heterocycles. The number of unbranched alkanes of at least 4 members (excludes halogenated alkanes) is 2. The van der Waals surface area contributed by atoms with Gasteiger partial charge in [-0.2, -0.15) is 0 Å². The minimum atomic E-state index is 0.382. The van der Waals surface area contributed by atoms with Crippen LogP contribution in [0, 0.1) is 0 Å². The smallest absolute Gasteiger partial charge is 0.191 e. The molecule has 1 aromatic rings. The Hall–Kier alpha value is -1.56. The van der Waals surface area contributed by atoms with Gasteiger partial charge in [0.2, 0.25) is 0 Å². The summed E-state index contributed by atoms with van der Waals surface area (Å²) in [4.78, 5) is 4.25. The molecule has 0 radical (unpaired) electrons. The lowest BCUT2D eigenvalue weighted by atomic mass is 9.98. The van der Waals surface area contributed by atoms with Crippen LogP contribution < -0.4 is 10.6 Å². The Kier molecular flexibility index (Phi) is 9.53. The van der Waals surface area contributed by atoms with Crippen LogP contribution in [-0.2, 0) is 11.3 Å². The molecule has 0 atom stereocenters. The fraction of sp³-hybridized carbons (Fsp3) is 0.800. The number of nitrogens with zero attached hydrogens (tertiary/aromatic N) is 2. The molecule has 1 heterocycles. The second-order valence-corrected chi connectivity index (χ2v) is 7.42. The predicted molar refractivity (Wildman–Crippen MR) is 105 cm³/mol. The Balaban J connectivity index is 1.50. The van der Waals surface area contributed by atoms with Gasteiger partial charge in [0.25, 0.3) is 0 Å². The van der Waals surface area contributed by atoms with Gasteiger partial charge in [0.15, 0.2) is 11.7 Å². The summed E-state index contributed by atoms with van der Waals surface area (Å²) in [5.74, 6) is 2.01. The molecule has 2 rings (SSSR count). The number of rotatable bonds is 10. The van der Waals surface area contributed by atoms with E-state index < -0.39 is 0 Å². The molecular weight excluding hydrogens is 328 g/mol. The number of hydrogen-bond donors (Lipinski definition) is 2. The highest BCUT2D eigenvalue weighted by Gasteiger charge is 2.13. The van der Waals surface area contributed by atoms with E-state index in [1.807, 2.05) is 6.07 Å². The van der Waals surface area contributed by atoms with Crippen molar-refractivity contribution in [2.75, 3.05) is 20.2 Å². The molecule has 6 heteroatoms.